The van der Waals surface area contributed by atoms with Crippen LogP contribution in [0.4, 0.5) is 0 Å². The molecule has 0 radical (unpaired) electrons. The molecule has 1 heterocycles. The molecular weight excluding hydrogens is 328 g/mol. The normalized spacial score (nSPS) is 23.5. The smallest absolute Gasteiger partial charge is 0.342 e. The number of hydrogen-bond acceptors (Lipinski definition) is 7. The van der Waals surface area contributed by atoms with Crippen molar-refractivity contribution in [3.8, 4) is 11.5 Å². The van der Waals surface area contributed by atoms with Crippen molar-refractivity contribution >= 4 is 17.5 Å². The SMILES string of the molecule is C[C@H]1CCCC(O)C(=O)C(=O)CCCc2cc(O)cc(O)c2C(=O)O1. The number of ketones is 2. The van der Waals surface area contributed by atoms with E-state index < -0.39 is 35.5 Å². The van der Waals surface area contributed by atoms with Crippen molar-refractivity contribution in [1.29, 1.82) is 0 Å². The van der Waals surface area contributed by atoms with E-state index in [0.717, 1.165) is 6.07 Å². The van der Waals surface area contributed by atoms with Gasteiger partial charge in [-0.25, -0.2) is 4.79 Å². The summed E-state index contributed by atoms with van der Waals surface area (Å²) in [6, 6.07) is 2.38. The Bertz CT molecular complexity index is 680. The summed E-state index contributed by atoms with van der Waals surface area (Å²) in [5.74, 6) is -2.78. The van der Waals surface area contributed by atoms with E-state index in [2.05, 4.69) is 0 Å². The Hall–Kier alpha value is -2.41. The molecule has 1 aromatic rings. The van der Waals surface area contributed by atoms with Crippen LogP contribution in [0, 0.1) is 0 Å². The van der Waals surface area contributed by atoms with E-state index in [1.807, 2.05) is 0 Å². The molecule has 0 fully saturated rings. The number of phenols is 2. The van der Waals surface area contributed by atoms with Crippen LogP contribution in [0.25, 0.3) is 0 Å². The monoisotopic (exact) mass is 350 g/mol. The van der Waals surface area contributed by atoms with Crippen LogP contribution in [-0.4, -0.2) is 45.1 Å². The van der Waals surface area contributed by atoms with Gasteiger partial charge in [-0.2, -0.15) is 0 Å². The van der Waals surface area contributed by atoms with Gasteiger partial charge < -0.3 is 20.1 Å². The van der Waals surface area contributed by atoms with Gasteiger partial charge in [0.2, 0.25) is 11.6 Å². The molecular formula is C18H22O7. The summed E-state index contributed by atoms with van der Waals surface area (Å²) in [7, 11) is 0. The summed E-state index contributed by atoms with van der Waals surface area (Å²) >= 11 is 0. The minimum atomic E-state index is -1.33. The molecule has 1 aliphatic rings. The van der Waals surface area contributed by atoms with Crippen molar-refractivity contribution in [2.75, 3.05) is 0 Å². The standard InChI is InChI=1S/C18H22O7/c1-10-4-2-6-13(20)17(23)14(21)7-3-5-11-8-12(19)9-15(22)16(11)18(24)25-10/h8-10,13,19-20,22H,2-7H2,1H3/t10-,13?/m0/s1. The summed E-state index contributed by atoms with van der Waals surface area (Å²) in [5, 5.41) is 29.4. The molecule has 7 heteroatoms. The highest BCUT2D eigenvalue weighted by Crippen LogP contribution is 2.30. The van der Waals surface area contributed by atoms with Crippen molar-refractivity contribution in [2.24, 2.45) is 0 Å². The van der Waals surface area contributed by atoms with Crippen molar-refractivity contribution in [1.82, 2.24) is 0 Å². The summed E-state index contributed by atoms with van der Waals surface area (Å²) < 4.78 is 5.31. The molecule has 0 amide bonds. The van der Waals surface area contributed by atoms with Gasteiger partial charge >= 0.3 is 5.97 Å². The van der Waals surface area contributed by atoms with Gasteiger partial charge in [-0.1, -0.05) is 0 Å². The number of rotatable bonds is 0. The van der Waals surface area contributed by atoms with E-state index in [0.29, 0.717) is 18.4 Å². The third-order valence-corrected chi connectivity index (χ3v) is 4.21. The molecule has 0 saturated heterocycles. The fourth-order valence-electron chi connectivity index (χ4n) is 2.88. The van der Waals surface area contributed by atoms with Crippen molar-refractivity contribution in [2.45, 2.75) is 57.7 Å². The van der Waals surface area contributed by atoms with E-state index in [1.165, 1.54) is 6.07 Å². The maximum absolute atomic E-state index is 12.4. The third kappa shape index (κ3) is 4.79. The Balaban J connectivity index is 2.31. The molecule has 2 atom stereocenters. The average molecular weight is 350 g/mol. The first-order valence-electron chi connectivity index (χ1n) is 8.30. The van der Waals surface area contributed by atoms with Crippen LogP contribution < -0.4 is 0 Å². The molecule has 0 saturated carbocycles. The molecule has 25 heavy (non-hydrogen) atoms. The molecule has 1 aliphatic heterocycles. The van der Waals surface area contributed by atoms with E-state index >= 15 is 0 Å². The highest BCUT2D eigenvalue weighted by Gasteiger charge is 2.25. The summed E-state index contributed by atoms with van der Waals surface area (Å²) in [5.41, 5.74) is 0.299. The first-order valence-corrected chi connectivity index (χ1v) is 8.30. The first kappa shape index (κ1) is 18.9. The highest BCUT2D eigenvalue weighted by molar-refractivity contribution is 6.38. The number of aliphatic hydroxyl groups excluding tert-OH is 1. The van der Waals surface area contributed by atoms with E-state index in [4.69, 9.17) is 4.74 Å². The molecule has 3 N–H and O–H groups in total. The maximum atomic E-state index is 12.4. The Morgan fingerprint density at radius 1 is 1.04 bits per heavy atom. The van der Waals surface area contributed by atoms with Crippen LogP contribution in [0.3, 0.4) is 0 Å². The lowest BCUT2D eigenvalue weighted by molar-refractivity contribution is -0.141. The number of aliphatic hydroxyl groups is 1. The topological polar surface area (TPSA) is 121 Å². The number of carbonyl (C=O) groups is 3. The molecule has 0 bridgehead atoms. The predicted octanol–water partition coefficient (Wildman–Crippen LogP) is 1.65. The second kappa shape index (κ2) is 8.11. The van der Waals surface area contributed by atoms with Gasteiger partial charge in [-0.3, -0.25) is 9.59 Å². The fraction of sp³-hybridized carbons (Fsp3) is 0.500. The number of aromatic hydroxyl groups is 2. The summed E-state index contributed by atoms with van der Waals surface area (Å²) in [6.07, 6.45) is -0.555. The van der Waals surface area contributed by atoms with Crippen LogP contribution in [-0.2, 0) is 20.7 Å². The van der Waals surface area contributed by atoms with Crippen LogP contribution in [0.2, 0.25) is 0 Å². The molecule has 0 spiro atoms. The predicted molar refractivity (Wildman–Crippen MR) is 87.5 cm³/mol. The fourth-order valence-corrected chi connectivity index (χ4v) is 2.88. The average Bonchev–Trinajstić information content (AvgIpc) is 2.52. The second-order valence-corrected chi connectivity index (χ2v) is 6.30. The number of hydrogen-bond donors (Lipinski definition) is 3. The quantitative estimate of drug-likeness (QED) is 0.480. The van der Waals surface area contributed by atoms with Gasteiger partial charge in [0.1, 0.15) is 23.2 Å². The summed E-state index contributed by atoms with van der Waals surface area (Å²) in [4.78, 5) is 36.1. The molecule has 0 aliphatic carbocycles. The first-order chi connectivity index (χ1) is 11.8. The largest absolute Gasteiger partial charge is 0.508 e. The maximum Gasteiger partial charge on any atom is 0.342 e. The van der Waals surface area contributed by atoms with Gasteiger partial charge in [0.25, 0.3) is 0 Å². The Kier molecular flexibility index (Phi) is 6.14. The molecule has 2 rings (SSSR count). The van der Waals surface area contributed by atoms with Crippen LogP contribution in [0.1, 0.15) is 54.9 Å². The lowest BCUT2D eigenvalue weighted by Crippen LogP contribution is -2.29. The third-order valence-electron chi connectivity index (χ3n) is 4.21. The Morgan fingerprint density at radius 2 is 1.76 bits per heavy atom. The Labute approximate surface area is 145 Å². The van der Waals surface area contributed by atoms with Gasteiger partial charge in [-0.05, 0) is 50.7 Å². The highest BCUT2D eigenvalue weighted by atomic mass is 16.5. The zero-order chi connectivity index (χ0) is 18.6. The number of ether oxygens (including phenoxy) is 1. The van der Waals surface area contributed by atoms with Crippen molar-refractivity contribution in [3.05, 3.63) is 23.3 Å². The number of benzene rings is 1. The number of cyclic esters (lactones) is 1. The molecule has 1 aromatic carbocycles. The van der Waals surface area contributed by atoms with Crippen LogP contribution in [0.15, 0.2) is 12.1 Å². The van der Waals surface area contributed by atoms with E-state index in [9.17, 15) is 29.7 Å². The molecule has 136 valence electrons. The zero-order valence-corrected chi connectivity index (χ0v) is 14.0. The molecule has 7 nitrogen and oxygen atoms in total. The van der Waals surface area contributed by atoms with Crippen molar-refractivity contribution < 1.29 is 34.4 Å². The zero-order valence-electron chi connectivity index (χ0n) is 14.0. The van der Waals surface area contributed by atoms with E-state index in [-0.39, 0.29) is 37.0 Å². The lowest BCUT2D eigenvalue weighted by atomic mass is 9.96. The number of phenolic OH excluding ortho intramolecular Hbond substituents is 2. The van der Waals surface area contributed by atoms with Crippen molar-refractivity contribution in [3.63, 3.8) is 0 Å². The lowest BCUT2D eigenvalue weighted by Gasteiger charge is -2.17. The van der Waals surface area contributed by atoms with Crippen LogP contribution in [0.5, 0.6) is 11.5 Å². The summed E-state index contributed by atoms with van der Waals surface area (Å²) in [6.45, 7) is 1.67. The van der Waals surface area contributed by atoms with Gasteiger partial charge in [0, 0.05) is 12.5 Å². The number of fused-ring (bicyclic) bond motifs is 1. The van der Waals surface area contributed by atoms with Gasteiger partial charge in [-0.15, -0.1) is 0 Å². The number of Topliss-reactive ketones (excluding diaryl/α,β-unsaturated/α-hetero) is 2. The second-order valence-electron chi connectivity index (χ2n) is 6.30. The molecule has 0 aromatic heterocycles. The number of aryl methyl sites for hydroxylation is 1. The van der Waals surface area contributed by atoms with Gasteiger partial charge in [0.15, 0.2) is 0 Å². The van der Waals surface area contributed by atoms with Crippen LogP contribution >= 0.6 is 0 Å². The molecule has 1 unspecified atom stereocenters. The van der Waals surface area contributed by atoms with E-state index in [1.54, 1.807) is 6.92 Å². The minimum Gasteiger partial charge on any atom is -0.508 e. The number of esters is 1. The Morgan fingerprint density at radius 3 is 2.48 bits per heavy atom. The van der Waals surface area contributed by atoms with Gasteiger partial charge in [0.05, 0.1) is 6.10 Å². The minimum absolute atomic E-state index is 0.0412. The number of carbonyl (C=O) groups excluding carboxylic acids is 3.